The topological polar surface area (TPSA) is 76.6 Å². The van der Waals surface area contributed by atoms with Gasteiger partial charge in [-0.3, -0.25) is 9.13 Å². The Balaban J connectivity index is 1.86. The molecule has 2 atom stereocenters. The molecule has 2 N–H and O–H groups in total. The molecule has 1 aromatic heterocycles. The minimum absolute atomic E-state index is 0.133. The minimum atomic E-state index is -4.32. The lowest BCUT2D eigenvalue weighted by molar-refractivity contribution is -0.148. The summed E-state index contributed by atoms with van der Waals surface area (Å²) in [7, 11) is 0. The molecule has 0 spiro atoms. The number of imidazole rings is 1. The highest BCUT2D eigenvalue weighted by Crippen LogP contribution is 2.34. The Morgan fingerprint density at radius 3 is 2.26 bits per heavy atom. The van der Waals surface area contributed by atoms with E-state index in [2.05, 4.69) is 4.74 Å². The largest absolute Gasteiger partial charge is 0.487 e. The first-order valence-corrected chi connectivity index (χ1v) is 9.88. The van der Waals surface area contributed by atoms with Gasteiger partial charge in [0, 0.05) is 24.0 Å². The van der Waals surface area contributed by atoms with Gasteiger partial charge in [-0.25, -0.2) is 22.4 Å². The number of hydrogen-bond donors (Lipinski definition) is 2. The van der Waals surface area contributed by atoms with Crippen molar-refractivity contribution in [2.24, 2.45) is 0 Å². The predicted molar refractivity (Wildman–Crippen MR) is 109 cm³/mol. The second kappa shape index (κ2) is 9.55. The zero-order valence-electron chi connectivity index (χ0n) is 17.6. The van der Waals surface area contributed by atoms with Gasteiger partial charge in [0.1, 0.15) is 23.0 Å². The molecule has 184 valence electrons. The monoisotopic (exact) mass is 490 g/mol. The van der Waals surface area contributed by atoms with Crippen LogP contribution in [-0.2, 0) is 5.60 Å². The standard InChI is InChI=1S/C22H20F6N2O4/c1-13(21(33,11-31)17-7-2-14(23)10-18(17)24)29-8-9-30(20(29)32)15-3-5-16(6-4-15)34-12-22(27,28)19(25)26/h2-10,13,19,31,33H,11-12H2,1H3/t13-,21+/m1/s1. The first kappa shape index (κ1) is 25.4. The highest BCUT2D eigenvalue weighted by atomic mass is 19.3. The molecule has 0 aliphatic carbocycles. The summed E-state index contributed by atoms with van der Waals surface area (Å²) in [5.74, 6) is -6.45. The van der Waals surface area contributed by atoms with Crippen LogP contribution in [-0.4, -0.2) is 44.9 Å². The molecule has 0 saturated carbocycles. The highest BCUT2D eigenvalue weighted by molar-refractivity contribution is 5.37. The summed E-state index contributed by atoms with van der Waals surface area (Å²) in [4.78, 5) is 12.9. The molecule has 0 fully saturated rings. The molecule has 3 aromatic rings. The summed E-state index contributed by atoms with van der Waals surface area (Å²) >= 11 is 0. The van der Waals surface area contributed by atoms with Gasteiger partial charge < -0.3 is 14.9 Å². The molecule has 0 unspecified atom stereocenters. The third kappa shape index (κ3) is 4.82. The molecule has 0 aliphatic heterocycles. The maximum atomic E-state index is 14.3. The van der Waals surface area contributed by atoms with Gasteiger partial charge in [0.25, 0.3) is 0 Å². The van der Waals surface area contributed by atoms with Crippen LogP contribution in [0.2, 0.25) is 0 Å². The van der Waals surface area contributed by atoms with Crippen LogP contribution in [0.15, 0.2) is 59.7 Å². The molecule has 2 aromatic carbocycles. The average molecular weight is 490 g/mol. The number of aromatic nitrogens is 2. The summed E-state index contributed by atoms with van der Waals surface area (Å²) in [5, 5.41) is 20.8. The van der Waals surface area contributed by atoms with Gasteiger partial charge in [-0.05, 0) is 37.3 Å². The van der Waals surface area contributed by atoms with E-state index in [4.69, 9.17) is 0 Å². The van der Waals surface area contributed by atoms with Crippen LogP contribution < -0.4 is 10.4 Å². The number of nitrogens with zero attached hydrogens (tertiary/aromatic N) is 2. The zero-order chi connectivity index (χ0) is 25.3. The molecule has 0 saturated heterocycles. The van der Waals surface area contributed by atoms with Gasteiger partial charge in [0.15, 0.2) is 6.61 Å². The van der Waals surface area contributed by atoms with Gasteiger partial charge in [0.2, 0.25) is 0 Å². The maximum Gasteiger partial charge on any atom is 0.340 e. The molecule has 3 rings (SSSR count). The van der Waals surface area contributed by atoms with Crippen LogP contribution in [0, 0.1) is 11.6 Å². The fraction of sp³-hybridized carbons (Fsp3) is 0.318. The van der Waals surface area contributed by atoms with Crippen molar-refractivity contribution in [2.45, 2.75) is 30.9 Å². The number of halogens is 6. The number of hydrogen-bond acceptors (Lipinski definition) is 4. The van der Waals surface area contributed by atoms with Crippen LogP contribution in [0.4, 0.5) is 26.3 Å². The second-order valence-corrected chi connectivity index (χ2v) is 7.58. The lowest BCUT2D eigenvalue weighted by atomic mass is 9.87. The van der Waals surface area contributed by atoms with E-state index in [0.717, 1.165) is 21.3 Å². The minimum Gasteiger partial charge on any atom is -0.487 e. The van der Waals surface area contributed by atoms with Crippen molar-refractivity contribution in [2.75, 3.05) is 13.2 Å². The molecule has 0 amide bonds. The van der Waals surface area contributed by atoms with Crippen LogP contribution >= 0.6 is 0 Å². The average Bonchev–Trinajstić information content (AvgIpc) is 3.18. The second-order valence-electron chi connectivity index (χ2n) is 7.58. The maximum absolute atomic E-state index is 14.3. The zero-order valence-corrected chi connectivity index (χ0v) is 17.6. The van der Waals surface area contributed by atoms with E-state index in [0.29, 0.717) is 6.07 Å². The summed E-state index contributed by atoms with van der Waals surface area (Å²) in [6, 6.07) is 6.22. The highest BCUT2D eigenvalue weighted by Gasteiger charge is 2.42. The Morgan fingerprint density at radius 2 is 1.71 bits per heavy atom. The smallest absolute Gasteiger partial charge is 0.340 e. The van der Waals surface area contributed by atoms with Gasteiger partial charge in [-0.1, -0.05) is 6.07 Å². The van der Waals surface area contributed by atoms with Crippen LogP contribution in [0.1, 0.15) is 18.5 Å². The quantitative estimate of drug-likeness (QED) is 0.450. The number of benzene rings is 2. The number of rotatable bonds is 9. The van der Waals surface area contributed by atoms with Crippen LogP contribution in [0.25, 0.3) is 5.69 Å². The molecule has 6 nitrogen and oxygen atoms in total. The molecule has 34 heavy (non-hydrogen) atoms. The molecule has 0 bridgehead atoms. The van der Waals surface area contributed by atoms with Crippen molar-refractivity contribution in [1.29, 1.82) is 0 Å². The van der Waals surface area contributed by atoms with E-state index >= 15 is 0 Å². The molecule has 1 heterocycles. The summed E-state index contributed by atoms with van der Waals surface area (Å²) in [6.07, 6.45) is -1.31. The fourth-order valence-electron chi connectivity index (χ4n) is 3.34. The number of alkyl halides is 4. The number of aliphatic hydroxyl groups excluding tert-OH is 1. The molecule has 0 aliphatic rings. The Hall–Kier alpha value is -3.25. The van der Waals surface area contributed by atoms with Crippen molar-refractivity contribution >= 4 is 0 Å². The summed E-state index contributed by atoms with van der Waals surface area (Å²) in [6.45, 7) is -1.16. The Bertz CT molecular complexity index is 1190. The van der Waals surface area contributed by atoms with E-state index < -0.39 is 60.1 Å². The van der Waals surface area contributed by atoms with Crippen molar-refractivity contribution in [3.8, 4) is 11.4 Å². The normalized spacial score (nSPS) is 14.8. The Labute approximate surface area is 189 Å². The SMILES string of the molecule is C[C@@H](n1ccn(-c2ccc(OCC(F)(F)C(F)F)cc2)c1=O)[C@@](O)(CO)c1ccc(F)cc1F. The fourth-order valence-corrected chi connectivity index (χ4v) is 3.34. The first-order chi connectivity index (χ1) is 15.9. The van der Waals surface area contributed by atoms with E-state index in [9.17, 15) is 41.4 Å². The predicted octanol–water partition coefficient (Wildman–Crippen LogP) is 3.64. The molecular weight excluding hydrogens is 470 g/mol. The van der Waals surface area contributed by atoms with E-state index in [1.54, 1.807) is 0 Å². The van der Waals surface area contributed by atoms with Gasteiger partial charge >= 0.3 is 18.0 Å². The third-order valence-electron chi connectivity index (χ3n) is 5.42. The lowest BCUT2D eigenvalue weighted by Gasteiger charge is -2.33. The van der Waals surface area contributed by atoms with E-state index in [1.165, 1.54) is 43.6 Å². The first-order valence-electron chi connectivity index (χ1n) is 9.88. The Kier molecular flexibility index (Phi) is 7.13. The Morgan fingerprint density at radius 1 is 1.06 bits per heavy atom. The van der Waals surface area contributed by atoms with Crippen molar-refractivity contribution in [1.82, 2.24) is 9.13 Å². The molecule has 0 radical (unpaired) electrons. The van der Waals surface area contributed by atoms with E-state index in [-0.39, 0.29) is 11.4 Å². The van der Waals surface area contributed by atoms with Crippen molar-refractivity contribution in [3.05, 3.63) is 82.5 Å². The van der Waals surface area contributed by atoms with Gasteiger partial charge in [-0.2, -0.15) is 8.78 Å². The number of ether oxygens (including phenoxy) is 1. The van der Waals surface area contributed by atoms with Crippen molar-refractivity contribution in [3.63, 3.8) is 0 Å². The number of aliphatic hydroxyl groups is 2. The summed E-state index contributed by atoms with van der Waals surface area (Å²) in [5.41, 5.74) is -3.16. The molecule has 12 heteroatoms. The van der Waals surface area contributed by atoms with E-state index in [1.807, 2.05) is 0 Å². The van der Waals surface area contributed by atoms with Crippen LogP contribution in [0.3, 0.4) is 0 Å². The molecular formula is C22H20F6N2O4. The lowest BCUT2D eigenvalue weighted by Crippen LogP contribution is -2.43. The summed E-state index contributed by atoms with van der Waals surface area (Å²) < 4.78 is 84.8. The van der Waals surface area contributed by atoms with Gasteiger partial charge in [0.05, 0.1) is 18.3 Å². The third-order valence-corrected chi connectivity index (χ3v) is 5.42. The van der Waals surface area contributed by atoms with Crippen molar-refractivity contribution < 1.29 is 41.3 Å². The van der Waals surface area contributed by atoms with Crippen LogP contribution in [0.5, 0.6) is 5.75 Å². The van der Waals surface area contributed by atoms with Gasteiger partial charge in [-0.15, -0.1) is 0 Å².